The van der Waals surface area contributed by atoms with Gasteiger partial charge in [0.2, 0.25) is 0 Å². The van der Waals surface area contributed by atoms with Gasteiger partial charge in [-0.1, -0.05) is 41.9 Å². The Bertz CT molecular complexity index is 1590. The zero-order chi connectivity index (χ0) is 26.2. The van der Waals surface area contributed by atoms with Gasteiger partial charge in [0.25, 0.3) is 5.91 Å². The topological polar surface area (TPSA) is 46.9 Å². The summed E-state index contributed by atoms with van der Waals surface area (Å²) in [6.07, 6.45) is -1.56. The third-order valence-electron chi connectivity index (χ3n) is 5.90. The van der Waals surface area contributed by atoms with Crippen molar-refractivity contribution < 1.29 is 22.4 Å². The highest BCUT2D eigenvalue weighted by Crippen LogP contribution is 2.36. The van der Waals surface area contributed by atoms with Gasteiger partial charge in [-0.2, -0.15) is 13.2 Å². The van der Waals surface area contributed by atoms with Crippen LogP contribution in [-0.2, 0) is 12.7 Å². The average Bonchev–Trinajstić information content (AvgIpc) is 3.26. The van der Waals surface area contributed by atoms with E-state index in [4.69, 9.17) is 11.6 Å². The molecule has 3 aromatic carbocycles. The Kier molecular flexibility index (Phi) is 6.43. The van der Waals surface area contributed by atoms with E-state index < -0.39 is 17.8 Å². The van der Waals surface area contributed by atoms with Crippen LogP contribution in [0.15, 0.2) is 91.3 Å². The largest absolute Gasteiger partial charge is 0.433 e. The van der Waals surface area contributed by atoms with Crippen molar-refractivity contribution in [1.29, 1.82) is 0 Å². The number of nitrogens with zero attached hydrogens (tertiary/aromatic N) is 2. The molecule has 2 heterocycles. The molecule has 0 bridgehead atoms. The van der Waals surface area contributed by atoms with Gasteiger partial charge in [-0.05, 0) is 54.1 Å². The predicted octanol–water partition coefficient (Wildman–Crippen LogP) is 7.43. The van der Waals surface area contributed by atoms with E-state index in [0.29, 0.717) is 27.4 Å². The highest BCUT2D eigenvalue weighted by Gasteiger charge is 2.32. The summed E-state index contributed by atoms with van der Waals surface area (Å²) >= 11 is 6.46. The molecule has 37 heavy (non-hydrogen) atoms. The second-order valence-corrected chi connectivity index (χ2v) is 8.74. The van der Waals surface area contributed by atoms with Gasteiger partial charge in [-0.3, -0.25) is 9.78 Å². The van der Waals surface area contributed by atoms with Gasteiger partial charge in [0.1, 0.15) is 11.5 Å². The summed E-state index contributed by atoms with van der Waals surface area (Å²) in [4.78, 5) is 16.3. The minimum atomic E-state index is -4.53. The molecule has 2 aromatic heterocycles. The molecular weight excluding hydrogens is 506 g/mol. The van der Waals surface area contributed by atoms with Gasteiger partial charge < -0.3 is 9.88 Å². The van der Waals surface area contributed by atoms with Crippen LogP contribution in [0.2, 0.25) is 5.02 Å². The number of hydrogen-bond donors (Lipinski definition) is 1. The van der Waals surface area contributed by atoms with Crippen LogP contribution in [0.3, 0.4) is 0 Å². The molecule has 186 valence electrons. The van der Waals surface area contributed by atoms with E-state index in [-0.39, 0.29) is 12.4 Å². The maximum absolute atomic E-state index is 13.6. The maximum atomic E-state index is 13.6. The van der Waals surface area contributed by atoms with Crippen LogP contribution in [-0.4, -0.2) is 15.5 Å². The molecule has 5 aromatic rings. The summed E-state index contributed by atoms with van der Waals surface area (Å²) in [5.74, 6) is -0.780. The van der Waals surface area contributed by atoms with E-state index in [1.54, 1.807) is 30.3 Å². The standard InChI is InChI=1S/C28H18ClF4N3O/c29-24-4-2-1-3-21(24)23-16-36(20-9-7-19(30)8-10-20)25-13-18(6-11-22(23)25)27(37)35-15-17-5-12-26(34-14-17)28(31,32)33/h1-14,16H,15H2,(H,35,37). The minimum absolute atomic E-state index is 0.00581. The lowest BCUT2D eigenvalue weighted by molar-refractivity contribution is -0.141. The fourth-order valence-electron chi connectivity index (χ4n) is 4.06. The molecule has 9 heteroatoms. The normalized spacial score (nSPS) is 11.6. The number of hydrogen-bond acceptors (Lipinski definition) is 2. The summed E-state index contributed by atoms with van der Waals surface area (Å²) in [6, 6.07) is 20.7. The first-order chi connectivity index (χ1) is 17.7. The molecule has 0 radical (unpaired) electrons. The predicted molar refractivity (Wildman–Crippen MR) is 134 cm³/mol. The van der Waals surface area contributed by atoms with E-state index in [9.17, 15) is 22.4 Å². The SMILES string of the molecule is O=C(NCc1ccc(C(F)(F)F)nc1)c1ccc2c(-c3ccccc3Cl)cn(-c3ccc(F)cc3)c2c1. The first-order valence-electron chi connectivity index (χ1n) is 11.2. The smallest absolute Gasteiger partial charge is 0.348 e. The van der Waals surface area contributed by atoms with Crippen molar-refractivity contribution in [1.82, 2.24) is 14.9 Å². The van der Waals surface area contributed by atoms with Crippen molar-refractivity contribution in [2.75, 3.05) is 0 Å². The van der Waals surface area contributed by atoms with Crippen LogP contribution in [0.5, 0.6) is 0 Å². The lowest BCUT2D eigenvalue weighted by atomic mass is 10.0. The number of carbonyl (C=O) groups is 1. The summed E-state index contributed by atoms with van der Waals surface area (Å²) < 4.78 is 53.6. The minimum Gasteiger partial charge on any atom is -0.348 e. The Morgan fingerprint density at radius 1 is 0.946 bits per heavy atom. The molecule has 0 aliphatic rings. The summed E-state index contributed by atoms with van der Waals surface area (Å²) in [5.41, 5.74) is 2.82. The number of pyridine rings is 1. The van der Waals surface area contributed by atoms with Crippen LogP contribution in [0.25, 0.3) is 27.7 Å². The molecule has 0 fully saturated rings. The zero-order valence-corrected chi connectivity index (χ0v) is 19.8. The van der Waals surface area contributed by atoms with Crippen molar-refractivity contribution in [3.63, 3.8) is 0 Å². The molecule has 5 rings (SSSR count). The van der Waals surface area contributed by atoms with Crippen molar-refractivity contribution in [2.24, 2.45) is 0 Å². The van der Waals surface area contributed by atoms with E-state index in [0.717, 1.165) is 28.8 Å². The number of amides is 1. The molecule has 0 saturated heterocycles. The molecular formula is C28H18ClF4N3O. The first-order valence-corrected chi connectivity index (χ1v) is 11.5. The van der Waals surface area contributed by atoms with Gasteiger partial charge in [0.15, 0.2) is 0 Å². The molecule has 0 aliphatic heterocycles. The molecule has 0 spiro atoms. The average molecular weight is 524 g/mol. The molecule has 1 amide bonds. The molecule has 1 N–H and O–H groups in total. The number of benzene rings is 3. The van der Waals surface area contributed by atoms with Crippen LogP contribution < -0.4 is 5.32 Å². The van der Waals surface area contributed by atoms with Gasteiger partial charge in [0, 0.05) is 51.7 Å². The monoisotopic (exact) mass is 523 g/mol. The van der Waals surface area contributed by atoms with Crippen molar-refractivity contribution >= 4 is 28.4 Å². The Hall–Kier alpha value is -4.17. The highest BCUT2D eigenvalue weighted by molar-refractivity contribution is 6.33. The number of halogens is 5. The number of carbonyl (C=O) groups excluding carboxylic acids is 1. The fourth-order valence-corrected chi connectivity index (χ4v) is 4.30. The van der Waals surface area contributed by atoms with Crippen LogP contribution >= 0.6 is 11.6 Å². The summed E-state index contributed by atoms with van der Waals surface area (Å²) in [7, 11) is 0. The Balaban J connectivity index is 1.49. The number of nitrogens with one attached hydrogen (secondary N) is 1. The Morgan fingerprint density at radius 2 is 1.70 bits per heavy atom. The fraction of sp³-hybridized carbons (Fsp3) is 0.0714. The van der Waals surface area contributed by atoms with Gasteiger partial charge in [-0.25, -0.2) is 4.39 Å². The van der Waals surface area contributed by atoms with E-state index in [1.807, 2.05) is 35.0 Å². The zero-order valence-electron chi connectivity index (χ0n) is 19.1. The number of aromatic nitrogens is 2. The highest BCUT2D eigenvalue weighted by atomic mass is 35.5. The lowest BCUT2D eigenvalue weighted by Gasteiger charge is -2.09. The van der Waals surface area contributed by atoms with E-state index in [2.05, 4.69) is 10.3 Å². The summed E-state index contributed by atoms with van der Waals surface area (Å²) in [5, 5.41) is 4.11. The molecule has 0 aliphatic carbocycles. The van der Waals surface area contributed by atoms with Crippen LogP contribution in [0, 0.1) is 5.82 Å². The second kappa shape index (κ2) is 9.71. The molecule has 0 saturated carbocycles. The number of fused-ring (bicyclic) bond motifs is 1. The van der Waals surface area contributed by atoms with Crippen LogP contribution in [0.1, 0.15) is 21.6 Å². The van der Waals surface area contributed by atoms with Gasteiger partial charge >= 0.3 is 6.18 Å². The maximum Gasteiger partial charge on any atom is 0.433 e. The molecule has 0 atom stereocenters. The lowest BCUT2D eigenvalue weighted by Crippen LogP contribution is -2.23. The van der Waals surface area contributed by atoms with Gasteiger partial charge in [0.05, 0.1) is 5.52 Å². The number of rotatable bonds is 5. The molecule has 0 unspecified atom stereocenters. The third-order valence-corrected chi connectivity index (χ3v) is 6.23. The van der Waals surface area contributed by atoms with Gasteiger partial charge in [-0.15, -0.1) is 0 Å². The second-order valence-electron chi connectivity index (χ2n) is 8.33. The van der Waals surface area contributed by atoms with Crippen molar-refractivity contribution in [3.05, 3.63) is 119 Å². The Morgan fingerprint density at radius 3 is 2.38 bits per heavy atom. The quantitative estimate of drug-likeness (QED) is 0.243. The van der Waals surface area contributed by atoms with Crippen molar-refractivity contribution in [2.45, 2.75) is 12.7 Å². The molecule has 4 nitrogen and oxygen atoms in total. The van der Waals surface area contributed by atoms with Crippen molar-refractivity contribution in [3.8, 4) is 16.8 Å². The third kappa shape index (κ3) is 5.06. The van der Waals surface area contributed by atoms with E-state index in [1.165, 1.54) is 18.2 Å². The van der Waals surface area contributed by atoms with E-state index >= 15 is 0 Å². The summed E-state index contributed by atoms with van der Waals surface area (Å²) in [6.45, 7) is 0.00581. The Labute approximate surface area is 214 Å². The number of alkyl halides is 3. The first kappa shape index (κ1) is 24.5. The van der Waals surface area contributed by atoms with Crippen LogP contribution in [0.4, 0.5) is 17.6 Å².